The zero-order valence-electron chi connectivity index (χ0n) is 14.3. The lowest BCUT2D eigenvalue weighted by atomic mass is 9.96. The summed E-state index contributed by atoms with van der Waals surface area (Å²) in [4.78, 5) is 19.3. The van der Waals surface area contributed by atoms with E-state index in [4.69, 9.17) is 0 Å². The summed E-state index contributed by atoms with van der Waals surface area (Å²) in [6, 6.07) is 6.60. The summed E-state index contributed by atoms with van der Waals surface area (Å²) in [6.07, 6.45) is 1.77. The van der Waals surface area contributed by atoms with Crippen molar-refractivity contribution in [2.24, 2.45) is 7.05 Å². The summed E-state index contributed by atoms with van der Waals surface area (Å²) < 4.78 is 15.0. The third-order valence-corrected chi connectivity index (χ3v) is 4.27. The second-order valence-electron chi connectivity index (χ2n) is 6.70. The van der Waals surface area contributed by atoms with E-state index in [0.717, 1.165) is 17.0 Å². The molecule has 1 N–H and O–H groups in total. The van der Waals surface area contributed by atoms with E-state index in [2.05, 4.69) is 15.2 Å². The molecular formula is C18H23FN4O. The SMILES string of the molecule is CC(C)NC(=O)C1CN(Cc2ccc(F)cc2)Cc2ncn(C)c21. The Bertz CT molecular complexity index is 723. The number of aromatic nitrogens is 2. The molecule has 3 rings (SSSR count). The number of hydrogen-bond donors (Lipinski definition) is 1. The largest absolute Gasteiger partial charge is 0.353 e. The van der Waals surface area contributed by atoms with E-state index in [0.29, 0.717) is 19.6 Å². The van der Waals surface area contributed by atoms with Crippen LogP contribution in [0, 0.1) is 5.82 Å². The molecule has 1 atom stereocenters. The van der Waals surface area contributed by atoms with Gasteiger partial charge in [0.05, 0.1) is 23.6 Å². The third-order valence-electron chi connectivity index (χ3n) is 4.27. The van der Waals surface area contributed by atoms with Crippen LogP contribution < -0.4 is 5.32 Å². The fourth-order valence-corrected chi connectivity index (χ4v) is 3.24. The number of rotatable bonds is 4. The fourth-order valence-electron chi connectivity index (χ4n) is 3.24. The average Bonchev–Trinajstić information content (AvgIpc) is 2.89. The van der Waals surface area contributed by atoms with Crippen molar-refractivity contribution in [3.05, 3.63) is 53.4 Å². The number of amides is 1. The molecule has 0 fully saturated rings. The first-order chi connectivity index (χ1) is 11.4. The molecule has 6 heteroatoms. The molecule has 0 aliphatic carbocycles. The van der Waals surface area contributed by atoms with Crippen LogP contribution in [0.15, 0.2) is 30.6 Å². The highest BCUT2D eigenvalue weighted by Gasteiger charge is 2.33. The van der Waals surface area contributed by atoms with E-state index in [1.807, 2.05) is 25.5 Å². The van der Waals surface area contributed by atoms with Crippen molar-refractivity contribution in [2.45, 2.75) is 38.9 Å². The molecule has 1 aromatic heterocycles. The highest BCUT2D eigenvalue weighted by Crippen LogP contribution is 2.28. The molecule has 0 saturated heterocycles. The number of hydrogen-bond acceptors (Lipinski definition) is 3. The molecule has 0 radical (unpaired) electrons. The van der Waals surface area contributed by atoms with Crippen LogP contribution in [0.4, 0.5) is 4.39 Å². The first kappa shape index (κ1) is 16.6. The van der Waals surface area contributed by atoms with Crippen LogP contribution in [-0.2, 0) is 24.9 Å². The molecule has 1 aromatic carbocycles. The second-order valence-corrected chi connectivity index (χ2v) is 6.70. The number of aryl methyl sites for hydroxylation is 1. The van der Waals surface area contributed by atoms with Gasteiger partial charge in [0.2, 0.25) is 5.91 Å². The average molecular weight is 330 g/mol. The summed E-state index contributed by atoms with van der Waals surface area (Å²) in [5, 5.41) is 3.01. The van der Waals surface area contributed by atoms with Crippen LogP contribution in [0.5, 0.6) is 0 Å². The van der Waals surface area contributed by atoms with Gasteiger partial charge in [0.1, 0.15) is 5.82 Å². The lowest BCUT2D eigenvalue weighted by Crippen LogP contribution is -2.43. The van der Waals surface area contributed by atoms with Gasteiger partial charge >= 0.3 is 0 Å². The second kappa shape index (κ2) is 6.73. The minimum absolute atomic E-state index is 0.0265. The first-order valence-corrected chi connectivity index (χ1v) is 8.21. The van der Waals surface area contributed by atoms with Gasteiger partial charge in [0.15, 0.2) is 0 Å². The minimum Gasteiger partial charge on any atom is -0.353 e. The van der Waals surface area contributed by atoms with E-state index in [1.165, 1.54) is 12.1 Å². The molecule has 1 aliphatic rings. The quantitative estimate of drug-likeness (QED) is 0.935. The molecule has 0 saturated carbocycles. The minimum atomic E-state index is -0.246. The van der Waals surface area contributed by atoms with Crippen molar-refractivity contribution in [3.8, 4) is 0 Å². The normalized spacial score (nSPS) is 17.8. The van der Waals surface area contributed by atoms with Crippen molar-refractivity contribution in [1.82, 2.24) is 19.8 Å². The van der Waals surface area contributed by atoms with Gasteiger partial charge < -0.3 is 9.88 Å². The number of nitrogens with one attached hydrogen (secondary N) is 1. The number of fused-ring (bicyclic) bond motifs is 1. The third kappa shape index (κ3) is 3.48. The highest BCUT2D eigenvalue weighted by atomic mass is 19.1. The van der Waals surface area contributed by atoms with Gasteiger partial charge in [0, 0.05) is 32.7 Å². The smallest absolute Gasteiger partial charge is 0.230 e. The molecule has 2 aromatic rings. The summed E-state index contributed by atoms with van der Waals surface area (Å²) in [5.41, 5.74) is 2.96. The zero-order chi connectivity index (χ0) is 17.3. The topological polar surface area (TPSA) is 50.2 Å². The monoisotopic (exact) mass is 330 g/mol. The number of imidazole rings is 1. The summed E-state index contributed by atoms with van der Waals surface area (Å²) in [5.74, 6) is -0.457. The van der Waals surface area contributed by atoms with Crippen molar-refractivity contribution in [1.29, 1.82) is 0 Å². The van der Waals surface area contributed by atoms with Gasteiger partial charge in [-0.1, -0.05) is 12.1 Å². The summed E-state index contributed by atoms with van der Waals surface area (Å²) >= 11 is 0. The van der Waals surface area contributed by atoms with Crippen molar-refractivity contribution in [3.63, 3.8) is 0 Å². The summed E-state index contributed by atoms with van der Waals surface area (Å²) in [6.45, 7) is 5.91. The van der Waals surface area contributed by atoms with E-state index >= 15 is 0 Å². The van der Waals surface area contributed by atoms with Crippen LogP contribution in [0.1, 0.15) is 36.7 Å². The lowest BCUT2D eigenvalue weighted by molar-refractivity contribution is -0.124. The fraction of sp³-hybridized carbons (Fsp3) is 0.444. The van der Waals surface area contributed by atoms with E-state index in [1.54, 1.807) is 18.5 Å². The first-order valence-electron chi connectivity index (χ1n) is 8.21. The number of benzene rings is 1. The van der Waals surface area contributed by atoms with Gasteiger partial charge in [-0.2, -0.15) is 0 Å². The Balaban J connectivity index is 1.82. The maximum Gasteiger partial charge on any atom is 0.230 e. The van der Waals surface area contributed by atoms with Crippen LogP contribution >= 0.6 is 0 Å². The molecule has 1 unspecified atom stereocenters. The van der Waals surface area contributed by atoms with Crippen molar-refractivity contribution in [2.75, 3.05) is 6.54 Å². The van der Waals surface area contributed by atoms with Crippen LogP contribution in [-0.4, -0.2) is 32.9 Å². The van der Waals surface area contributed by atoms with Crippen molar-refractivity contribution >= 4 is 5.91 Å². The molecule has 1 amide bonds. The number of carbonyl (C=O) groups excluding carboxylic acids is 1. The molecule has 0 spiro atoms. The standard InChI is InChI=1S/C18H23FN4O/c1-12(2)21-18(24)15-9-23(8-13-4-6-14(19)7-5-13)10-16-17(15)22(3)11-20-16/h4-7,11-12,15H,8-10H2,1-3H3,(H,21,24). The highest BCUT2D eigenvalue weighted by molar-refractivity contribution is 5.84. The zero-order valence-corrected chi connectivity index (χ0v) is 14.3. The van der Waals surface area contributed by atoms with E-state index in [-0.39, 0.29) is 23.7 Å². The van der Waals surface area contributed by atoms with Gasteiger partial charge in [0.25, 0.3) is 0 Å². The molecular weight excluding hydrogens is 307 g/mol. The maximum atomic E-state index is 13.1. The molecule has 2 heterocycles. The summed E-state index contributed by atoms with van der Waals surface area (Å²) in [7, 11) is 1.93. The maximum absolute atomic E-state index is 13.1. The van der Waals surface area contributed by atoms with Crippen molar-refractivity contribution < 1.29 is 9.18 Å². The molecule has 24 heavy (non-hydrogen) atoms. The van der Waals surface area contributed by atoms with Gasteiger partial charge in [-0.3, -0.25) is 9.69 Å². The number of halogens is 1. The lowest BCUT2D eigenvalue weighted by Gasteiger charge is -2.32. The Morgan fingerprint density at radius 3 is 2.75 bits per heavy atom. The van der Waals surface area contributed by atoms with Crippen LogP contribution in [0.2, 0.25) is 0 Å². The van der Waals surface area contributed by atoms with Gasteiger partial charge in [-0.15, -0.1) is 0 Å². The predicted molar refractivity (Wildman–Crippen MR) is 89.7 cm³/mol. The van der Waals surface area contributed by atoms with Gasteiger partial charge in [-0.05, 0) is 31.5 Å². The molecule has 0 bridgehead atoms. The Hall–Kier alpha value is -2.21. The number of nitrogens with zero attached hydrogens (tertiary/aromatic N) is 3. The van der Waals surface area contributed by atoms with Gasteiger partial charge in [-0.25, -0.2) is 9.37 Å². The number of carbonyl (C=O) groups is 1. The Morgan fingerprint density at radius 2 is 2.08 bits per heavy atom. The van der Waals surface area contributed by atoms with Crippen LogP contribution in [0.25, 0.3) is 0 Å². The van der Waals surface area contributed by atoms with Crippen LogP contribution in [0.3, 0.4) is 0 Å². The molecule has 128 valence electrons. The van der Waals surface area contributed by atoms with E-state index in [9.17, 15) is 9.18 Å². The Labute approximate surface area is 141 Å². The van der Waals surface area contributed by atoms with E-state index < -0.39 is 0 Å². The Kier molecular flexibility index (Phi) is 4.66. The predicted octanol–water partition coefficient (Wildman–Crippen LogP) is 2.18. The molecule has 1 aliphatic heterocycles. The molecule has 5 nitrogen and oxygen atoms in total. The Morgan fingerprint density at radius 1 is 1.38 bits per heavy atom.